The van der Waals surface area contributed by atoms with E-state index in [1.54, 1.807) is 7.11 Å². The molecule has 1 N–H and O–H groups in total. The minimum atomic E-state index is -1.03. The fourth-order valence-corrected chi connectivity index (χ4v) is 3.28. The summed E-state index contributed by atoms with van der Waals surface area (Å²) in [6, 6.07) is 7.44. The Morgan fingerprint density at radius 2 is 1.79 bits per heavy atom. The van der Waals surface area contributed by atoms with Crippen LogP contribution in [-0.4, -0.2) is 37.7 Å². The van der Waals surface area contributed by atoms with E-state index in [1.807, 2.05) is 31.2 Å². The predicted molar refractivity (Wildman–Crippen MR) is 91.9 cm³/mol. The van der Waals surface area contributed by atoms with Gasteiger partial charge in [-0.15, -0.1) is 11.6 Å². The first-order valence-electron chi connectivity index (χ1n) is 8.06. The molecule has 1 aromatic carbocycles. The molecule has 1 fully saturated rings. The second kappa shape index (κ2) is 7.99. The third-order valence-electron chi connectivity index (χ3n) is 4.66. The van der Waals surface area contributed by atoms with Crippen molar-refractivity contribution in [2.75, 3.05) is 14.2 Å². The van der Waals surface area contributed by atoms with Crippen molar-refractivity contribution in [2.24, 2.45) is 0 Å². The summed E-state index contributed by atoms with van der Waals surface area (Å²) in [4.78, 5) is 24.9. The summed E-state index contributed by atoms with van der Waals surface area (Å²) in [6.45, 7) is 1.97. The van der Waals surface area contributed by atoms with Crippen LogP contribution in [0.3, 0.4) is 0 Å². The lowest BCUT2D eigenvalue weighted by atomic mass is 9.80. The van der Waals surface area contributed by atoms with Gasteiger partial charge in [-0.25, -0.2) is 4.79 Å². The van der Waals surface area contributed by atoms with Gasteiger partial charge < -0.3 is 14.8 Å². The molecule has 0 aliphatic heterocycles. The molecule has 0 bridgehead atoms. The summed E-state index contributed by atoms with van der Waals surface area (Å²) >= 11 is 6.31. The highest BCUT2D eigenvalue weighted by atomic mass is 35.5. The van der Waals surface area contributed by atoms with Gasteiger partial charge >= 0.3 is 5.97 Å². The lowest BCUT2D eigenvalue weighted by molar-refractivity contribution is -0.153. The van der Waals surface area contributed by atoms with Crippen LogP contribution in [0.25, 0.3) is 0 Å². The Morgan fingerprint density at radius 1 is 1.21 bits per heavy atom. The highest BCUT2D eigenvalue weighted by Crippen LogP contribution is 2.32. The van der Waals surface area contributed by atoms with Crippen LogP contribution in [0.5, 0.6) is 0 Å². The van der Waals surface area contributed by atoms with Gasteiger partial charge in [0, 0.05) is 7.11 Å². The summed E-state index contributed by atoms with van der Waals surface area (Å²) in [7, 11) is 2.98. The molecule has 1 atom stereocenters. The van der Waals surface area contributed by atoms with E-state index < -0.39 is 16.9 Å². The fourth-order valence-electron chi connectivity index (χ4n) is 3.08. The van der Waals surface area contributed by atoms with Crippen LogP contribution in [0.1, 0.15) is 42.2 Å². The zero-order valence-corrected chi connectivity index (χ0v) is 15.1. The molecule has 1 aliphatic rings. The maximum atomic E-state index is 12.6. The zero-order chi connectivity index (χ0) is 17.7. The Kier molecular flexibility index (Phi) is 6.24. The van der Waals surface area contributed by atoms with E-state index in [0.29, 0.717) is 31.2 Å². The van der Waals surface area contributed by atoms with Gasteiger partial charge in [-0.2, -0.15) is 0 Å². The van der Waals surface area contributed by atoms with Gasteiger partial charge in [0.15, 0.2) is 0 Å². The Labute approximate surface area is 147 Å². The molecular weight excluding hydrogens is 330 g/mol. The monoisotopic (exact) mass is 353 g/mol. The number of hydrogen-bond acceptors (Lipinski definition) is 4. The van der Waals surface area contributed by atoms with Gasteiger partial charge in [0.25, 0.3) is 0 Å². The van der Waals surface area contributed by atoms with Crippen molar-refractivity contribution in [1.82, 2.24) is 5.32 Å². The van der Waals surface area contributed by atoms with E-state index >= 15 is 0 Å². The number of ether oxygens (including phenoxy) is 2. The van der Waals surface area contributed by atoms with Crippen molar-refractivity contribution in [1.29, 1.82) is 0 Å². The van der Waals surface area contributed by atoms with E-state index in [1.165, 1.54) is 7.11 Å². The molecule has 1 aromatic rings. The van der Waals surface area contributed by atoms with Crippen LogP contribution in [0, 0.1) is 6.92 Å². The summed E-state index contributed by atoms with van der Waals surface area (Å²) in [5, 5.41) is 1.99. The molecule has 24 heavy (non-hydrogen) atoms. The van der Waals surface area contributed by atoms with Crippen molar-refractivity contribution in [2.45, 2.75) is 49.6 Å². The van der Waals surface area contributed by atoms with E-state index in [9.17, 15) is 9.59 Å². The van der Waals surface area contributed by atoms with Crippen molar-refractivity contribution < 1.29 is 19.1 Å². The van der Waals surface area contributed by atoms with E-state index in [4.69, 9.17) is 21.1 Å². The van der Waals surface area contributed by atoms with Crippen LogP contribution in [0.2, 0.25) is 0 Å². The number of benzene rings is 1. The summed E-state index contributed by atoms with van der Waals surface area (Å²) < 4.78 is 10.3. The van der Waals surface area contributed by atoms with Crippen molar-refractivity contribution >= 4 is 23.5 Å². The molecule has 1 aliphatic carbocycles. The molecule has 0 radical (unpaired) electrons. The molecule has 0 heterocycles. The van der Waals surface area contributed by atoms with Crippen LogP contribution in [0.4, 0.5) is 0 Å². The maximum Gasteiger partial charge on any atom is 0.331 e. The Morgan fingerprint density at radius 3 is 2.29 bits per heavy atom. The Balaban J connectivity index is 2.13. The standard InChI is InChI=1S/C18H24ClNO4/c1-12-4-6-13(7-5-12)15(19)16(21)20-18(17(22)24-3)10-8-14(23-2)9-11-18/h4-7,14-15H,8-11H2,1-3H3,(H,20,21). The van der Waals surface area contributed by atoms with Gasteiger partial charge in [-0.1, -0.05) is 29.8 Å². The zero-order valence-electron chi connectivity index (χ0n) is 14.3. The average Bonchev–Trinajstić information content (AvgIpc) is 2.61. The molecule has 1 amide bonds. The van der Waals surface area contributed by atoms with E-state index in [-0.39, 0.29) is 12.0 Å². The van der Waals surface area contributed by atoms with Gasteiger partial charge in [0.05, 0.1) is 13.2 Å². The number of carbonyl (C=O) groups excluding carboxylic acids is 2. The van der Waals surface area contributed by atoms with Crippen molar-refractivity contribution in [3.63, 3.8) is 0 Å². The van der Waals surface area contributed by atoms with Crippen LogP contribution in [-0.2, 0) is 19.1 Å². The molecule has 1 saturated carbocycles. The molecule has 2 rings (SSSR count). The Hall–Kier alpha value is -1.59. The fraction of sp³-hybridized carbons (Fsp3) is 0.556. The second-order valence-electron chi connectivity index (χ2n) is 6.27. The van der Waals surface area contributed by atoms with Crippen LogP contribution in [0.15, 0.2) is 24.3 Å². The largest absolute Gasteiger partial charge is 0.467 e. The number of nitrogens with one attached hydrogen (secondary N) is 1. The predicted octanol–water partition coefficient (Wildman–Crippen LogP) is 2.89. The molecule has 0 spiro atoms. The minimum absolute atomic E-state index is 0.101. The number of amides is 1. The first-order valence-corrected chi connectivity index (χ1v) is 8.49. The molecule has 5 nitrogen and oxygen atoms in total. The number of rotatable bonds is 5. The smallest absolute Gasteiger partial charge is 0.331 e. The highest BCUT2D eigenvalue weighted by Gasteiger charge is 2.45. The SMILES string of the molecule is COC(=O)C1(NC(=O)C(Cl)c2ccc(C)cc2)CCC(OC)CC1. The summed E-state index contributed by atoms with van der Waals surface area (Å²) in [5.74, 6) is -0.819. The van der Waals surface area contributed by atoms with Gasteiger partial charge in [0.2, 0.25) is 5.91 Å². The number of esters is 1. The number of carbonyl (C=O) groups is 2. The molecule has 0 saturated heterocycles. The Bertz CT molecular complexity index is 579. The number of methoxy groups -OCH3 is 2. The first kappa shape index (κ1) is 18.7. The van der Waals surface area contributed by atoms with Crippen molar-refractivity contribution in [3.05, 3.63) is 35.4 Å². The second-order valence-corrected chi connectivity index (χ2v) is 6.71. The number of halogens is 1. The molecule has 0 aromatic heterocycles. The molecule has 6 heteroatoms. The number of hydrogen-bond donors (Lipinski definition) is 1. The van der Waals surface area contributed by atoms with E-state index in [2.05, 4.69) is 5.32 Å². The third kappa shape index (κ3) is 4.08. The van der Waals surface area contributed by atoms with Crippen molar-refractivity contribution in [3.8, 4) is 0 Å². The van der Waals surface area contributed by atoms with Gasteiger partial charge in [0.1, 0.15) is 10.9 Å². The molecule has 132 valence electrons. The third-order valence-corrected chi connectivity index (χ3v) is 5.11. The van der Waals surface area contributed by atoms with Crippen LogP contribution < -0.4 is 5.32 Å². The van der Waals surface area contributed by atoms with Crippen LogP contribution >= 0.6 is 11.6 Å². The first-order chi connectivity index (χ1) is 11.4. The number of aryl methyl sites for hydroxylation is 1. The maximum absolute atomic E-state index is 12.6. The normalized spacial score (nSPS) is 24.9. The topological polar surface area (TPSA) is 64.6 Å². The number of alkyl halides is 1. The average molecular weight is 354 g/mol. The minimum Gasteiger partial charge on any atom is -0.467 e. The quantitative estimate of drug-likeness (QED) is 0.653. The summed E-state index contributed by atoms with van der Waals surface area (Å²) in [6.07, 6.45) is 2.42. The van der Waals surface area contributed by atoms with E-state index in [0.717, 1.165) is 5.56 Å². The highest BCUT2D eigenvalue weighted by molar-refractivity contribution is 6.31. The lowest BCUT2D eigenvalue weighted by Gasteiger charge is -2.38. The molecular formula is C18H24ClNO4. The molecule has 1 unspecified atom stereocenters. The lowest BCUT2D eigenvalue weighted by Crippen LogP contribution is -2.58. The van der Waals surface area contributed by atoms with Gasteiger partial charge in [-0.05, 0) is 38.2 Å². The van der Waals surface area contributed by atoms with Gasteiger partial charge in [-0.3, -0.25) is 4.79 Å². The summed E-state index contributed by atoms with van der Waals surface area (Å²) in [5.41, 5.74) is 0.760.